The number of hydrogen-bond donors (Lipinski definition) is 0. The molecule has 0 saturated heterocycles. The average molecular weight is 609 g/mol. The lowest BCUT2D eigenvalue weighted by atomic mass is 9.97. The smallest absolute Gasteiger partial charge is 0.227 e. The van der Waals surface area contributed by atoms with E-state index in [4.69, 9.17) is 24.4 Å². The number of thiophene rings is 1. The van der Waals surface area contributed by atoms with Crippen LogP contribution >= 0.6 is 11.3 Å². The number of hydrogen-bond acceptors (Lipinski definition) is 6. The number of fused-ring (bicyclic) bond motifs is 4. The lowest BCUT2D eigenvalue weighted by Crippen LogP contribution is -2.00. The van der Waals surface area contributed by atoms with Crippen molar-refractivity contribution in [1.82, 2.24) is 19.9 Å². The van der Waals surface area contributed by atoms with Crippen molar-refractivity contribution in [3.8, 4) is 56.7 Å². The summed E-state index contributed by atoms with van der Waals surface area (Å²) in [5.41, 5.74) is 7.67. The van der Waals surface area contributed by atoms with Crippen LogP contribution in [0.25, 0.3) is 88.0 Å². The van der Waals surface area contributed by atoms with Crippen molar-refractivity contribution in [3.05, 3.63) is 146 Å². The molecule has 216 valence electrons. The van der Waals surface area contributed by atoms with Crippen LogP contribution in [-0.2, 0) is 0 Å². The Morgan fingerprint density at radius 2 is 1.07 bits per heavy atom. The van der Waals surface area contributed by atoms with Gasteiger partial charge in [0.1, 0.15) is 5.52 Å². The zero-order chi connectivity index (χ0) is 30.5. The second-order valence-electron chi connectivity index (χ2n) is 11.1. The minimum Gasteiger partial charge on any atom is -0.436 e. The highest BCUT2D eigenvalue weighted by Gasteiger charge is 2.16. The van der Waals surface area contributed by atoms with Crippen LogP contribution in [-0.4, -0.2) is 19.9 Å². The van der Waals surface area contributed by atoms with Gasteiger partial charge < -0.3 is 4.42 Å². The Morgan fingerprint density at radius 3 is 1.80 bits per heavy atom. The molecular formula is C40H24N4OS. The first-order valence-corrected chi connectivity index (χ1v) is 15.9. The van der Waals surface area contributed by atoms with Crippen molar-refractivity contribution in [2.24, 2.45) is 0 Å². The molecule has 6 aromatic carbocycles. The minimum absolute atomic E-state index is 0.625. The molecule has 0 aliphatic carbocycles. The summed E-state index contributed by atoms with van der Waals surface area (Å²) in [5, 5.41) is 2.39. The van der Waals surface area contributed by atoms with Gasteiger partial charge in [-0.3, -0.25) is 0 Å². The van der Waals surface area contributed by atoms with Gasteiger partial charge in [0, 0.05) is 42.4 Å². The van der Waals surface area contributed by atoms with Crippen LogP contribution in [0.4, 0.5) is 0 Å². The normalized spacial score (nSPS) is 11.5. The Morgan fingerprint density at radius 1 is 0.435 bits per heavy atom. The van der Waals surface area contributed by atoms with Crippen LogP contribution in [0.15, 0.2) is 150 Å². The summed E-state index contributed by atoms with van der Waals surface area (Å²) < 4.78 is 8.57. The SMILES string of the molecule is c1ccc(-c2nc(-c3ccccc3)nc(-c3cccc(-c4cccc5sc6ccc(-c7nc8ccccc8o7)cc6c45)c3)n2)cc1. The lowest BCUT2D eigenvalue weighted by molar-refractivity contribution is 0.620. The molecule has 0 aliphatic heterocycles. The van der Waals surface area contributed by atoms with Crippen molar-refractivity contribution in [2.75, 3.05) is 0 Å². The average Bonchev–Trinajstić information content (AvgIpc) is 3.74. The van der Waals surface area contributed by atoms with Crippen molar-refractivity contribution < 1.29 is 4.42 Å². The number of nitrogens with zero attached hydrogens (tertiary/aromatic N) is 4. The first kappa shape index (κ1) is 26.4. The highest BCUT2D eigenvalue weighted by Crippen LogP contribution is 2.42. The zero-order valence-corrected chi connectivity index (χ0v) is 25.3. The van der Waals surface area contributed by atoms with Gasteiger partial charge in [0.15, 0.2) is 23.1 Å². The molecule has 0 atom stereocenters. The van der Waals surface area contributed by atoms with E-state index in [1.165, 1.54) is 20.2 Å². The highest BCUT2D eigenvalue weighted by atomic mass is 32.1. The van der Waals surface area contributed by atoms with Crippen LogP contribution in [0.2, 0.25) is 0 Å². The standard InChI is InChI=1S/C40H24N4OS/c1-3-11-25(12-4-1)37-42-38(26-13-5-2-6-14-26)44-39(43-37)28-16-9-15-27(23-28)30-17-10-20-35-36(30)31-24-29(21-22-34(31)46-35)40-41-32-18-7-8-19-33(32)45-40/h1-24H. The molecule has 3 aromatic heterocycles. The second-order valence-corrected chi connectivity index (χ2v) is 12.2. The van der Waals surface area contributed by atoms with E-state index in [2.05, 4.69) is 60.7 Å². The van der Waals surface area contributed by atoms with Crippen molar-refractivity contribution in [2.45, 2.75) is 0 Å². The molecule has 6 heteroatoms. The topological polar surface area (TPSA) is 64.7 Å². The summed E-state index contributed by atoms with van der Waals surface area (Å²) in [7, 11) is 0. The summed E-state index contributed by atoms with van der Waals surface area (Å²) in [6.45, 7) is 0. The van der Waals surface area contributed by atoms with Gasteiger partial charge in [0.05, 0.1) is 0 Å². The molecule has 0 spiro atoms. The third-order valence-corrected chi connectivity index (χ3v) is 9.30. The fraction of sp³-hybridized carbons (Fsp3) is 0. The van der Waals surface area contributed by atoms with Crippen LogP contribution in [0.5, 0.6) is 0 Å². The molecule has 0 fully saturated rings. The van der Waals surface area contributed by atoms with Gasteiger partial charge in [-0.05, 0) is 53.6 Å². The third kappa shape index (κ3) is 4.64. The van der Waals surface area contributed by atoms with Gasteiger partial charge in [-0.15, -0.1) is 11.3 Å². The number of para-hydroxylation sites is 2. The summed E-state index contributed by atoms with van der Waals surface area (Å²) >= 11 is 1.80. The van der Waals surface area contributed by atoms with Gasteiger partial charge in [-0.25, -0.2) is 19.9 Å². The molecule has 0 N–H and O–H groups in total. The Hall–Kier alpha value is -5.98. The fourth-order valence-corrected chi connectivity index (χ4v) is 7.07. The Kier molecular flexibility index (Phi) is 6.25. The maximum Gasteiger partial charge on any atom is 0.227 e. The molecule has 0 bridgehead atoms. The summed E-state index contributed by atoms with van der Waals surface area (Å²) in [6.07, 6.45) is 0. The molecule has 0 amide bonds. The molecule has 9 rings (SSSR count). The van der Waals surface area contributed by atoms with E-state index in [1.807, 2.05) is 84.9 Å². The van der Waals surface area contributed by atoms with Gasteiger partial charge in [-0.2, -0.15) is 0 Å². The number of benzene rings is 6. The molecule has 0 radical (unpaired) electrons. The molecule has 0 saturated carbocycles. The van der Waals surface area contributed by atoms with E-state index >= 15 is 0 Å². The fourth-order valence-electron chi connectivity index (χ4n) is 5.96. The second kappa shape index (κ2) is 10.9. The predicted octanol–water partition coefficient (Wildman–Crippen LogP) is 10.7. The quantitative estimate of drug-likeness (QED) is 0.194. The van der Waals surface area contributed by atoms with E-state index in [9.17, 15) is 0 Å². The Labute approximate surface area is 268 Å². The summed E-state index contributed by atoms with van der Waals surface area (Å²) in [5.74, 6) is 2.55. The van der Waals surface area contributed by atoms with Crippen molar-refractivity contribution >= 4 is 42.6 Å². The van der Waals surface area contributed by atoms with E-state index in [0.717, 1.165) is 44.5 Å². The van der Waals surface area contributed by atoms with E-state index in [-0.39, 0.29) is 0 Å². The van der Waals surface area contributed by atoms with E-state index in [1.54, 1.807) is 11.3 Å². The van der Waals surface area contributed by atoms with Crippen LogP contribution in [0.3, 0.4) is 0 Å². The maximum absolute atomic E-state index is 6.13. The van der Waals surface area contributed by atoms with Gasteiger partial charge in [0.2, 0.25) is 5.89 Å². The van der Waals surface area contributed by atoms with E-state index < -0.39 is 0 Å². The predicted molar refractivity (Wildman–Crippen MR) is 187 cm³/mol. The largest absolute Gasteiger partial charge is 0.436 e. The van der Waals surface area contributed by atoms with Crippen molar-refractivity contribution in [1.29, 1.82) is 0 Å². The zero-order valence-electron chi connectivity index (χ0n) is 24.5. The van der Waals surface area contributed by atoms with Crippen molar-refractivity contribution in [3.63, 3.8) is 0 Å². The van der Waals surface area contributed by atoms with Crippen LogP contribution in [0, 0.1) is 0 Å². The highest BCUT2D eigenvalue weighted by molar-refractivity contribution is 7.26. The lowest BCUT2D eigenvalue weighted by Gasteiger charge is -2.10. The van der Waals surface area contributed by atoms with Crippen LogP contribution < -0.4 is 0 Å². The van der Waals surface area contributed by atoms with Gasteiger partial charge in [-0.1, -0.05) is 103 Å². The molecule has 0 unspecified atom stereocenters. The molecule has 3 heterocycles. The number of rotatable bonds is 5. The molecule has 5 nitrogen and oxygen atoms in total. The molecule has 9 aromatic rings. The van der Waals surface area contributed by atoms with Gasteiger partial charge >= 0.3 is 0 Å². The summed E-state index contributed by atoms with van der Waals surface area (Å²) in [4.78, 5) is 19.5. The number of aromatic nitrogens is 4. The Bertz CT molecular complexity index is 2450. The third-order valence-electron chi connectivity index (χ3n) is 8.17. The Balaban J connectivity index is 1.19. The first-order chi connectivity index (χ1) is 22.8. The maximum atomic E-state index is 6.13. The monoisotopic (exact) mass is 608 g/mol. The van der Waals surface area contributed by atoms with Gasteiger partial charge in [0.25, 0.3) is 0 Å². The molecular weight excluding hydrogens is 585 g/mol. The minimum atomic E-state index is 0.625. The molecule has 46 heavy (non-hydrogen) atoms. The molecule has 0 aliphatic rings. The first-order valence-electron chi connectivity index (χ1n) is 15.1. The number of oxazole rings is 1. The van der Waals surface area contributed by atoms with Crippen LogP contribution in [0.1, 0.15) is 0 Å². The van der Waals surface area contributed by atoms with E-state index in [0.29, 0.717) is 23.4 Å². The summed E-state index contributed by atoms with van der Waals surface area (Å²) in [6, 6.07) is 49.5.